The highest BCUT2D eigenvalue weighted by Crippen LogP contribution is 2.31. The van der Waals surface area contributed by atoms with Crippen LogP contribution < -0.4 is 10.1 Å². The Morgan fingerprint density at radius 1 is 1.13 bits per heavy atom. The van der Waals surface area contributed by atoms with Gasteiger partial charge in [0.05, 0.1) is 0 Å². The molecule has 158 valence electrons. The number of hydrogen-bond acceptors (Lipinski definition) is 5. The number of ether oxygens (including phenoxy) is 1. The van der Waals surface area contributed by atoms with Crippen molar-refractivity contribution in [1.29, 1.82) is 0 Å². The van der Waals surface area contributed by atoms with Crippen molar-refractivity contribution in [2.75, 3.05) is 11.9 Å². The number of hydrogen-bond donors (Lipinski definition) is 1. The number of benzene rings is 2. The quantitative estimate of drug-likeness (QED) is 0.794. The predicted molar refractivity (Wildman–Crippen MR) is 102 cm³/mol. The summed E-state index contributed by atoms with van der Waals surface area (Å²) in [7, 11) is -3.81. The van der Waals surface area contributed by atoms with Gasteiger partial charge in [-0.15, -0.1) is 17.6 Å². The van der Waals surface area contributed by atoms with Crippen LogP contribution in [0.15, 0.2) is 57.8 Å². The van der Waals surface area contributed by atoms with E-state index in [0.717, 1.165) is 12.1 Å². The third-order valence-electron chi connectivity index (χ3n) is 4.80. The molecule has 7 nitrogen and oxygen atoms in total. The lowest BCUT2D eigenvalue weighted by atomic mass is 10.1. The fraction of sp³-hybridized carbons (Fsp3) is 0.263. The van der Waals surface area contributed by atoms with Gasteiger partial charge in [-0.05, 0) is 49.2 Å². The van der Waals surface area contributed by atoms with E-state index in [2.05, 4.69) is 14.5 Å². The van der Waals surface area contributed by atoms with Gasteiger partial charge >= 0.3 is 6.36 Å². The second kappa shape index (κ2) is 7.31. The second-order valence-corrected chi connectivity index (χ2v) is 8.37. The normalized spacial score (nSPS) is 19.9. The smallest absolute Gasteiger partial charge is 0.406 e. The van der Waals surface area contributed by atoms with Gasteiger partial charge in [0.25, 0.3) is 10.0 Å². The van der Waals surface area contributed by atoms with E-state index in [9.17, 15) is 26.4 Å². The molecular weight excluding hydrogens is 423 g/mol. The molecule has 0 spiro atoms. The monoisotopic (exact) mass is 439 g/mol. The average Bonchev–Trinajstić information content (AvgIpc) is 3.25. The van der Waals surface area contributed by atoms with Crippen LogP contribution in [-0.4, -0.2) is 44.0 Å². The van der Waals surface area contributed by atoms with Gasteiger partial charge in [0.2, 0.25) is 5.91 Å². The molecule has 1 fully saturated rings. The molecule has 30 heavy (non-hydrogen) atoms. The first-order valence-corrected chi connectivity index (χ1v) is 10.5. The number of halogens is 3. The lowest BCUT2D eigenvalue weighted by molar-refractivity contribution is -0.274. The Morgan fingerprint density at radius 3 is 2.53 bits per heavy atom. The summed E-state index contributed by atoms with van der Waals surface area (Å²) in [4.78, 5) is 14.6. The molecule has 2 aromatic rings. The summed E-state index contributed by atoms with van der Waals surface area (Å²) in [6.45, 7) is 0.457. The number of anilines is 1. The number of fused-ring (bicyclic) bond motifs is 1. The summed E-state index contributed by atoms with van der Waals surface area (Å²) in [6.07, 6.45) is -3.65. The third-order valence-corrected chi connectivity index (χ3v) is 6.12. The van der Waals surface area contributed by atoms with Crippen LogP contribution in [0, 0.1) is 0 Å². The first-order valence-electron chi connectivity index (χ1n) is 9.02. The van der Waals surface area contributed by atoms with Crippen LogP contribution in [0.3, 0.4) is 0 Å². The first kappa shape index (κ1) is 20.2. The van der Waals surface area contributed by atoms with E-state index < -0.39 is 34.1 Å². The molecule has 2 aromatic carbocycles. The van der Waals surface area contributed by atoms with Crippen LogP contribution in [0.2, 0.25) is 0 Å². The van der Waals surface area contributed by atoms with Gasteiger partial charge in [-0.3, -0.25) is 4.79 Å². The summed E-state index contributed by atoms with van der Waals surface area (Å²) < 4.78 is 69.1. The number of alkyl halides is 3. The van der Waals surface area contributed by atoms with Crippen molar-refractivity contribution in [2.24, 2.45) is 4.40 Å². The van der Waals surface area contributed by atoms with Gasteiger partial charge in [-0.25, -0.2) is 0 Å². The maximum absolute atomic E-state index is 12.8. The fourth-order valence-corrected chi connectivity index (χ4v) is 4.77. The van der Waals surface area contributed by atoms with Crippen LogP contribution in [0.1, 0.15) is 18.4 Å². The molecule has 2 aliphatic heterocycles. The number of sulfonamides is 1. The Morgan fingerprint density at radius 2 is 1.83 bits per heavy atom. The number of nitrogens with one attached hydrogen (secondary N) is 1. The highest BCUT2D eigenvalue weighted by atomic mass is 32.2. The van der Waals surface area contributed by atoms with E-state index in [1.807, 2.05) is 0 Å². The highest BCUT2D eigenvalue weighted by molar-refractivity contribution is 7.90. The summed E-state index contributed by atoms with van der Waals surface area (Å²) in [6, 6.07) is 10.5. The zero-order valence-corrected chi connectivity index (χ0v) is 16.2. The van der Waals surface area contributed by atoms with Crippen molar-refractivity contribution in [3.8, 4) is 5.75 Å². The zero-order chi connectivity index (χ0) is 21.5. The predicted octanol–water partition coefficient (Wildman–Crippen LogP) is 3.14. The molecule has 0 radical (unpaired) electrons. The van der Waals surface area contributed by atoms with Crippen molar-refractivity contribution >= 4 is 27.5 Å². The van der Waals surface area contributed by atoms with Crippen molar-refractivity contribution in [2.45, 2.75) is 30.1 Å². The Hall–Kier alpha value is -3.08. The summed E-state index contributed by atoms with van der Waals surface area (Å²) in [5.74, 6) is -0.566. The SMILES string of the molecule is O=C(Nc1ccc(OC(F)(F)F)cc1)[C@@H]1CCCN1C1=NS(=O)(=O)c2ccccc21. The number of likely N-dealkylation sites (tertiary alicyclic amines) is 1. The number of carbonyl (C=O) groups is 1. The van der Waals surface area contributed by atoms with E-state index in [0.29, 0.717) is 30.6 Å². The number of rotatable bonds is 3. The number of nitrogens with zero attached hydrogens (tertiary/aromatic N) is 2. The first-order chi connectivity index (χ1) is 14.1. The minimum atomic E-state index is -4.80. The molecule has 4 rings (SSSR count). The molecule has 0 aromatic heterocycles. The molecule has 1 amide bonds. The molecule has 1 atom stereocenters. The maximum Gasteiger partial charge on any atom is 0.573 e. The zero-order valence-electron chi connectivity index (χ0n) is 15.4. The fourth-order valence-electron chi connectivity index (χ4n) is 3.55. The Bertz CT molecular complexity index is 1110. The lowest BCUT2D eigenvalue weighted by Crippen LogP contribution is -2.43. The van der Waals surface area contributed by atoms with Gasteiger partial charge in [-0.1, -0.05) is 12.1 Å². The average molecular weight is 439 g/mol. The van der Waals surface area contributed by atoms with Crippen LogP contribution in [-0.2, 0) is 14.8 Å². The molecule has 0 aliphatic carbocycles. The van der Waals surface area contributed by atoms with E-state index in [1.54, 1.807) is 23.1 Å². The molecule has 1 saturated heterocycles. The minimum absolute atomic E-state index is 0.103. The van der Waals surface area contributed by atoms with Crippen LogP contribution in [0.25, 0.3) is 0 Å². The van der Waals surface area contributed by atoms with E-state index in [1.165, 1.54) is 18.2 Å². The molecule has 2 heterocycles. The summed E-state index contributed by atoms with van der Waals surface area (Å²) >= 11 is 0. The van der Waals surface area contributed by atoms with E-state index >= 15 is 0 Å². The Labute approximate surface area is 170 Å². The van der Waals surface area contributed by atoms with Crippen LogP contribution in [0.4, 0.5) is 18.9 Å². The van der Waals surface area contributed by atoms with Gasteiger partial charge in [0, 0.05) is 17.8 Å². The van der Waals surface area contributed by atoms with Crippen molar-refractivity contribution < 1.29 is 31.1 Å². The number of amides is 1. The van der Waals surface area contributed by atoms with Crippen LogP contribution >= 0.6 is 0 Å². The van der Waals surface area contributed by atoms with E-state index in [4.69, 9.17) is 0 Å². The number of amidine groups is 1. The molecule has 0 bridgehead atoms. The molecule has 11 heteroatoms. The maximum atomic E-state index is 12.8. The largest absolute Gasteiger partial charge is 0.573 e. The van der Waals surface area contributed by atoms with Crippen LogP contribution in [0.5, 0.6) is 5.75 Å². The van der Waals surface area contributed by atoms with Gasteiger partial charge in [0.15, 0.2) is 5.84 Å². The third kappa shape index (κ3) is 3.97. The molecular formula is C19H16F3N3O4S. The standard InChI is InChI=1S/C19H16F3N3O4S/c20-19(21,22)29-13-9-7-12(8-10-13)23-18(26)15-5-3-11-25(15)17-14-4-1-2-6-16(14)30(27,28)24-17/h1-2,4,6-10,15H,3,5,11H2,(H,23,26)/t15-/m0/s1. The van der Waals surface area contributed by atoms with Gasteiger partial charge in [0.1, 0.15) is 16.7 Å². The topological polar surface area (TPSA) is 88.1 Å². The minimum Gasteiger partial charge on any atom is -0.406 e. The summed E-state index contributed by atoms with van der Waals surface area (Å²) in [5.41, 5.74) is 0.744. The molecule has 1 N–H and O–H groups in total. The highest BCUT2D eigenvalue weighted by Gasteiger charge is 2.39. The van der Waals surface area contributed by atoms with E-state index in [-0.39, 0.29) is 10.7 Å². The Balaban J connectivity index is 1.51. The van der Waals surface area contributed by atoms with Crippen molar-refractivity contribution in [3.05, 3.63) is 54.1 Å². The molecule has 0 saturated carbocycles. The Kier molecular flexibility index (Phi) is 4.92. The molecule has 0 unspecified atom stereocenters. The summed E-state index contributed by atoms with van der Waals surface area (Å²) in [5, 5.41) is 2.65. The molecule has 2 aliphatic rings. The number of carbonyl (C=O) groups excluding carboxylic acids is 1. The van der Waals surface area contributed by atoms with Gasteiger partial charge < -0.3 is 15.0 Å². The van der Waals surface area contributed by atoms with Crippen molar-refractivity contribution in [3.63, 3.8) is 0 Å². The second-order valence-electron chi connectivity index (χ2n) is 6.80. The lowest BCUT2D eigenvalue weighted by Gasteiger charge is -2.25. The van der Waals surface area contributed by atoms with Crippen molar-refractivity contribution in [1.82, 2.24) is 4.90 Å². The van der Waals surface area contributed by atoms with Gasteiger partial charge in [-0.2, -0.15) is 8.42 Å².